The highest BCUT2D eigenvalue weighted by Crippen LogP contribution is 2.13. The number of carbonyl (C=O) groups is 2. The molecule has 0 saturated heterocycles. The highest BCUT2D eigenvalue weighted by Gasteiger charge is 2.20. The number of nitriles is 1. The summed E-state index contributed by atoms with van der Waals surface area (Å²) in [7, 11) is 0. The lowest BCUT2D eigenvalue weighted by atomic mass is 10.0. The van der Waals surface area contributed by atoms with E-state index >= 15 is 0 Å². The smallest absolute Gasteiger partial charge is 0.192 e. The van der Waals surface area contributed by atoms with E-state index in [2.05, 4.69) is 0 Å². The molecule has 5 heteroatoms. The van der Waals surface area contributed by atoms with Gasteiger partial charge < -0.3 is 10.1 Å². The lowest BCUT2D eigenvalue weighted by Gasteiger charge is -2.08. The number of ether oxygens (including phenoxy) is 1. The monoisotopic (exact) mass is 258 g/mol. The van der Waals surface area contributed by atoms with Gasteiger partial charge in [-0.25, -0.2) is 0 Å². The number of ketones is 2. The van der Waals surface area contributed by atoms with Crippen molar-refractivity contribution in [3.05, 3.63) is 29.8 Å². The zero-order valence-electron chi connectivity index (χ0n) is 10.8. The highest BCUT2D eigenvalue weighted by molar-refractivity contribution is 6.05. The van der Waals surface area contributed by atoms with Crippen molar-refractivity contribution in [1.29, 1.82) is 10.7 Å². The number of nitrogens with one attached hydrogen (secondary N) is 1. The molecule has 1 N–H and O–H groups in total. The van der Waals surface area contributed by atoms with Crippen molar-refractivity contribution >= 4 is 17.3 Å². The predicted octanol–water partition coefficient (Wildman–Crippen LogP) is 2.02. The van der Waals surface area contributed by atoms with E-state index in [4.69, 9.17) is 15.4 Å². The highest BCUT2D eigenvalue weighted by atomic mass is 16.5. The van der Waals surface area contributed by atoms with Crippen LogP contribution >= 0.6 is 0 Å². The van der Waals surface area contributed by atoms with Gasteiger partial charge in [-0.2, -0.15) is 5.26 Å². The van der Waals surface area contributed by atoms with E-state index < -0.39 is 11.7 Å². The second-order valence-electron chi connectivity index (χ2n) is 4.08. The predicted molar refractivity (Wildman–Crippen MR) is 69.5 cm³/mol. The van der Waals surface area contributed by atoms with E-state index in [9.17, 15) is 9.59 Å². The molecule has 0 aliphatic rings. The van der Waals surface area contributed by atoms with Crippen LogP contribution in [0.4, 0.5) is 0 Å². The summed E-state index contributed by atoms with van der Waals surface area (Å²) >= 11 is 0. The second-order valence-corrected chi connectivity index (χ2v) is 4.08. The van der Waals surface area contributed by atoms with Gasteiger partial charge in [0.2, 0.25) is 0 Å². The van der Waals surface area contributed by atoms with Crippen LogP contribution in [0.2, 0.25) is 0 Å². The van der Waals surface area contributed by atoms with Crippen LogP contribution in [-0.4, -0.2) is 23.9 Å². The first-order chi connectivity index (χ1) is 8.95. The molecule has 1 aromatic carbocycles. The molecule has 0 spiro atoms. The van der Waals surface area contributed by atoms with Crippen LogP contribution in [0.5, 0.6) is 5.75 Å². The van der Waals surface area contributed by atoms with Gasteiger partial charge in [-0.1, -0.05) is 0 Å². The third-order valence-electron chi connectivity index (χ3n) is 2.53. The molecule has 0 heterocycles. The maximum absolute atomic E-state index is 11.6. The molecule has 1 aromatic rings. The Labute approximate surface area is 111 Å². The topological polar surface area (TPSA) is 91.0 Å². The Hall–Kier alpha value is -2.48. The Kier molecular flexibility index (Phi) is 4.95. The lowest BCUT2D eigenvalue weighted by Crippen LogP contribution is -2.25. The number of Topliss-reactive ketones (excluding diaryl/α,β-unsaturated/α-hetero) is 2. The van der Waals surface area contributed by atoms with Gasteiger partial charge in [0.25, 0.3) is 0 Å². The zero-order valence-corrected chi connectivity index (χ0v) is 10.8. The Balaban J connectivity index is 2.62. The number of hydrogen-bond acceptors (Lipinski definition) is 5. The van der Waals surface area contributed by atoms with Gasteiger partial charge in [-0.15, -0.1) is 0 Å². The van der Waals surface area contributed by atoms with Gasteiger partial charge in [0.15, 0.2) is 11.6 Å². The van der Waals surface area contributed by atoms with Crippen LogP contribution in [0, 0.1) is 22.7 Å². The third kappa shape index (κ3) is 4.03. The Morgan fingerprint density at radius 2 is 1.89 bits per heavy atom. The summed E-state index contributed by atoms with van der Waals surface area (Å²) in [5, 5.41) is 16.1. The minimum Gasteiger partial charge on any atom is -0.486 e. The SMILES string of the molecule is CC(=N)[C@H](C#N)C(=O)COc1ccc(C(C)=O)cc1. The molecule has 0 fully saturated rings. The second kappa shape index (κ2) is 6.45. The molecular weight excluding hydrogens is 244 g/mol. The van der Waals surface area contributed by atoms with Crippen molar-refractivity contribution < 1.29 is 14.3 Å². The minimum absolute atomic E-state index is 0.00280. The van der Waals surface area contributed by atoms with E-state index in [-0.39, 0.29) is 18.1 Å². The minimum atomic E-state index is -1.06. The van der Waals surface area contributed by atoms with Gasteiger partial charge in [-0.05, 0) is 38.1 Å². The summed E-state index contributed by atoms with van der Waals surface area (Å²) in [6.45, 7) is 2.60. The molecule has 0 aliphatic heterocycles. The first kappa shape index (κ1) is 14.6. The molecule has 0 radical (unpaired) electrons. The molecule has 0 amide bonds. The molecule has 0 saturated carbocycles. The number of benzene rings is 1. The van der Waals surface area contributed by atoms with Crippen molar-refractivity contribution in [3.8, 4) is 11.8 Å². The summed E-state index contributed by atoms with van der Waals surface area (Å²) < 4.78 is 5.23. The van der Waals surface area contributed by atoms with Crippen molar-refractivity contribution in [2.45, 2.75) is 13.8 Å². The van der Waals surface area contributed by atoms with E-state index in [0.29, 0.717) is 11.3 Å². The van der Waals surface area contributed by atoms with Crippen molar-refractivity contribution in [1.82, 2.24) is 0 Å². The third-order valence-corrected chi connectivity index (χ3v) is 2.53. The van der Waals surface area contributed by atoms with Crippen molar-refractivity contribution in [2.24, 2.45) is 5.92 Å². The van der Waals surface area contributed by atoms with Gasteiger partial charge in [0.1, 0.15) is 18.3 Å². The van der Waals surface area contributed by atoms with Crippen LogP contribution in [-0.2, 0) is 4.79 Å². The van der Waals surface area contributed by atoms with Gasteiger partial charge in [0.05, 0.1) is 6.07 Å². The van der Waals surface area contributed by atoms with Crippen LogP contribution in [0.1, 0.15) is 24.2 Å². The quantitative estimate of drug-likeness (QED) is 0.624. The summed E-state index contributed by atoms with van der Waals surface area (Å²) in [5.74, 6) is -1.12. The Morgan fingerprint density at radius 1 is 1.32 bits per heavy atom. The van der Waals surface area contributed by atoms with E-state index in [1.54, 1.807) is 30.3 Å². The average molecular weight is 258 g/mol. The summed E-state index contributed by atoms with van der Waals surface area (Å²) in [6.07, 6.45) is 0. The summed E-state index contributed by atoms with van der Waals surface area (Å²) in [6, 6.07) is 8.14. The Bertz CT molecular complexity index is 541. The normalized spacial score (nSPS) is 11.2. The fraction of sp³-hybridized carbons (Fsp3) is 0.286. The molecule has 98 valence electrons. The molecule has 0 unspecified atom stereocenters. The number of rotatable bonds is 6. The molecule has 0 aromatic heterocycles. The molecule has 1 atom stereocenters. The standard InChI is InChI=1S/C14H14N2O3/c1-9(16)13(7-15)14(18)8-19-12-5-3-11(4-6-12)10(2)17/h3-6,13,16H,8H2,1-2H3/t13-/m0/s1. The Morgan fingerprint density at radius 3 is 2.32 bits per heavy atom. The molecule has 19 heavy (non-hydrogen) atoms. The van der Waals surface area contributed by atoms with Crippen LogP contribution in [0.25, 0.3) is 0 Å². The molecule has 0 aliphatic carbocycles. The maximum atomic E-state index is 11.6. The van der Waals surface area contributed by atoms with Crippen LogP contribution in [0.15, 0.2) is 24.3 Å². The van der Waals surface area contributed by atoms with Gasteiger partial charge >= 0.3 is 0 Å². The average Bonchev–Trinajstić information content (AvgIpc) is 2.37. The molecular formula is C14H14N2O3. The zero-order chi connectivity index (χ0) is 14.4. The van der Waals surface area contributed by atoms with Crippen LogP contribution in [0.3, 0.4) is 0 Å². The first-order valence-electron chi connectivity index (χ1n) is 5.67. The summed E-state index contributed by atoms with van der Waals surface area (Å²) in [5.41, 5.74) is 0.562. The van der Waals surface area contributed by atoms with E-state index in [0.717, 1.165) is 0 Å². The van der Waals surface area contributed by atoms with Crippen molar-refractivity contribution in [2.75, 3.05) is 6.61 Å². The first-order valence-corrected chi connectivity index (χ1v) is 5.67. The van der Waals surface area contributed by atoms with Crippen molar-refractivity contribution in [3.63, 3.8) is 0 Å². The van der Waals surface area contributed by atoms with E-state index in [1.807, 2.05) is 0 Å². The van der Waals surface area contributed by atoms with E-state index in [1.165, 1.54) is 13.8 Å². The molecule has 0 bridgehead atoms. The maximum Gasteiger partial charge on any atom is 0.192 e. The van der Waals surface area contributed by atoms with Crippen LogP contribution < -0.4 is 4.74 Å². The fourth-order valence-electron chi connectivity index (χ4n) is 1.43. The summed E-state index contributed by atoms with van der Waals surface area (Å²) in [4.78, 5) is 22.7. The van der Waals surface area contributed by atoms with Gasteiger partial charge in [-0.3, -0.25) is 9.59 Å². The number of hydrogen-bond donors (Lipinski definition) is 1. The lowest BCUT2D eigenvalue weighted by molar-refractivity contribution is -0.121. The molecule has 5 nitrogen and oxygen atoms in total. The van der Waals surface area contributed by atoms with Gasteiger partial charge in [0, 0.05) is 11.3 Å². The number of carbonyl (C=O) groups excluding carboxylic acids is 2. The number of nitrogens with zero attached hydrogens (tertiary/aromatic N) is 1. The molecule has 1 rings (SSSR count). The largest absolute Gasteiger partial charge is 0.486 e. The fourth-order valence-corrected chi connectivity index (χ4v) is 1.43.